The van der Waals surface area contributed by atoms with Crippen molar-refractivity contribution in [3.63, 3.8) is 0 Å². The van der Waals surface area contributed by atoms with E-state index in [0.29, 0.717) is 17.3 Å². The van der Waals surface area contributed by atoms with Crippen LogP contribution in [0.25, 0.3) is 0 Å². The van der Waals surface area contributed by atoms with Crippen molar-refractivity contribution in [1.29, 1.82) is 0 Å². The second-order valence-corrected chi connectivity index (χ2v) is 5.43. The Labute approximate surface area is 116 Å². The van der Waals surface area contributed by atoms with Crippen LogP contribution in [-0.4, -0.2) is 29.4 Å². The normalized spacial score (nSPS) is 23.5. The van der Waals surface area contributed by atoms with Crippen molar-refractivity contribution in [2.24, 2.45) is 0 Å². The second-order valence-electron chi connectivity index (χ2n) is 4.99. The van der Waals surface area contributed by atoms with Crippen LogP contribution in [0.15, 0.2) is 24.3 Å². The van der Waals surface area contributed by atoms with Gasteiger partial charge in [0.1, 0.15) is 6.04 Å². The second kappa shape index (κ2) is 4.85. The van der Waals surface area contributed by atoms with Gasteiger partial charge >= 0.3 is 6.03 Å². The standard InChI is InChI=1S/C14H15ClN2O2/c15-10-5-7-11(8-6-10)17-13(18)12-4-2-1-3-9-16(12)14(17)19/h5-8,12H,1-4,9H2. The molecule has 3 rings (SSSR count). The molecule has 2 saturated heterocycles. The van der Waals surface area contributed by atoms with Crippen molar-refractivity contribution in [2.45, 2.75) is 31.7 Å². The predicted molar refractivity (Wildman–Crippen MR) is 73.3 cm³/mol. The summed E-state index contributed by atoms with van der Waals surface area (Å²) >= 11 is 5.84. The molecule has 0 radical (unpaired) electrons. The van der Waals surface area contributed by atoms with Gasteiger partial charge in [-0.25, -0.2) is 9.69 Å². The van der Waals surface area contributed by atoms with Crippen LogP contribution < -0.4 is 4.90 Å². The van der Waals surface area contributed by atoms with Crippen LogP contribution in [0.5, 0.6) is 0 Å². The molecule has 0 saturated carbocycles. The third-order valence-corrected chi connectivity index (χ3v) is 4.03. The lowest BCUT2D eigenvalue weighted by Gasteiger charge is -2.18. The van der Waals surface area contributed by atoms with Crippen molar-refractivity contribution in [2.75, 3.05) is 11.4 Å². The smallest absolute Gasteiger partial charge is 0.312 e. The fraction of sp³-hybridized carbons (Fsp3) is 0.429. The lowest BCUT2D eigenvalue weighted by molar-refractivity contribution is -0.119. The number of carbonyl (C=O) groups is 2. The van der Waals surface area contributed by atoms with Gasteiger partial charge in [-0.1, -0.05) is 24.4 Å². The Balaban J connectivity index is 1.93. The molecule has 0 spiro atoms. The van der Waals surface area contributed by atoms with E-state index in [1.165, 1.54) is 4.90 Å². The van der Waals surface area contributed by atoms with Gasteiger partial charge in [0.2, 0.25) is 0 Å². The fourth-order valence-corrected chi connectivity index (χ4v) is 2.92. The summed E-state index contributed by atoms with van der Waals surface area (Å²) in [5, 5.41) is 0.595. The van der Waals surface area contributed by atoms with Gasteiger partial charge in [0.15, 0.2) is 0 Å². The summed E-state index contributed by atoms with van der Waals surface area (Å²) in [7, 11) is 0. The lowest BCUT2D eigenvalue weighted by Crippen LogP contribution is -2.34. The van der Waals surface area contributed by atoms with E-state index in [-0.39, 0.29) is 18.0 Å². The minimum Gasteiger partial charge on any atom is -0.312 e. The molecule has 1 unspecified atom stereocenters. The first-order chi connectivity index (χ1) is 9.18. The predicted octanol–water partition coefficient (Wildman–Crippen LogP) is 3.05. The van der Waals surface area contributed by atoms with Crippen LogP contribution in [-0.2, 0) is 4.79 Å². The van der Waals surface area contributed by atoms with Crippen molar-refractivity contribution in [1.82, 2.24) is 4.90 Å². The molecule has 2 aliphatic heterocycles. The molecule has 5 heteroatoms. The lowest BCUT2D eigenvalue weighted by atomic mass is 10.1. The number of urea groups is 1. The SMILES string of the molecule is O=C1C2CCCCCN2C(=O)N1c1ccc(Cl)cc1. The Morgan fingerprint density at radius 2 is 1.79 bits per heavy atom. The van der Waals surface area contributed by atoms with Crippen LogP contribution in [0.2, 0.25) is 5.02 Å². The average Bonchev–Trinajstić information content (AvgIpc) is 2.61. The summed E-state index contributed by atoms with van der Waals surface area (Å²) in [6, 6.07) is 6.35. The number of benzene rings is 1. The van der Waals surface area contributed by atoms with Gasteiger partial charge in [0.05, 0.1) is 5.69 Å². The van der Waals surface area contributed by atoms with Crippen molar-refractivity contribution < 1.29 is 9.59 Å². The molecule has 0 N–H and O–H groups in total. The molecule has 100 valence electrons. The van der Waals surface area contributed by atoms with Crippen molar-refractivity contribution in [3.05, 3.63) is 29.3 Å². The molecule has 1 atom stereocenters. The molecule has 0 bridgehead atoms. The summed E-state index contributed by atoms with van der Waals surface area (Å²) in [6.07, 6.45) is 3.85. The number of halogens is 1. The van der Waals surface area contributed by atoms with Gasteiger partial charge in [-0.15, -0.1) is 0 Å². The first kappa shape index (κ1) is 12.5. The number of hydrogen-bond donors (Lipinski definition) is 0. The molecule has 1 aromatic carbocycles. The van der Waals surface area contributed by atoms with Crippen molar-refractivity contribution in [3.8, 4) is 0 Å². The van der Waals surface area contributed by atoms with Crippen LogP contribution in [0.4, 0.5) is 10.5 Å². The Hall–Kier alpha value is -1.55. The third kappa shape index (κ3) is 2.10. The molecule has 2 aliphatic rings. The first-order valence-electron chi connectivity index (χ1n) is 6.58. The van der Waals surface area contributed by atoms with E-state index in [2.05, 4.69) is 0 Å². The topological polar surface area (TPSA) is 40.6 Å². The summed E-state index contributed by atoms with van der Waals surface area (Å²) in [5.74, 6) is -0.103. The summed E-state index contributed by atoms with van der Waals surface area (Å²) < 4.78 is 0. The molecule has 4 nitrogen and oxygen atoms in total. The largest absolute Gasteiger partial charge is 0.332 e. The number of rotatable bonds is 1. The molecule has 19 heavy (non-hydrogen) atoms. The van der Waals surface area contributed by atoms with Gasteiger partial charge in [-0.05, 0) is 37.1 Å². The number of imide groups is 1. The summed E-state index contributed by atoms with van der Waals surface area (Å²) in [6.45, 7) is 0.680. The van der Waals surface area contributed by atoms with Gasteiger partial charge in [0.25, 0.3) is 5.91 Å². The highest BCUT2D eigenvalue weighted by molar-refractivity contribution is 6.30. The molecule has 1 aromatic rings. The highest BCUT2D eigenvalue weighted by Gasteiger charge is 2.45. The number of nitrogens with zero attached hydrogens (tertiary/aromatic N) is 2. The molecule has 3 amide bonds. The summed E-state index contributed by atoms with van der Waals surface area (Å²) in [5.41, 5.74) is 0.604. The zero-order chi connectivity index (χ0) is 13.4. The van der Waals surface area contributed by atoms with E-state index in [4.69, 9.17) is 11.6 Å². The fourth-order valence-electron chi connectivity index (χ4n) is 2.79. The van der Waals surface area contributed by atoms with E-state index in [1.54, 1.807) is 29.2 Å². The zero-order valence-corrected chi connectivity index (χ0v) is 11.3. The molecule has 0 aromatic heterocycles. The number of amides is 3. The minimum atomic E-state index is -0.273. The molecular weight excluding hydrogens is 264 g/mol. The molecule has 2 heterocycles. The first-order valence-corrected chi connectivity index (χ1v) is 6.96. The Kier molecular flexibility index (Phi) is 3.19. The number of carbonyl (C=O) groups excluding carboxylic acids is 2. The van der Waals surface area contributed by atoms with E-state index < -0.39 is 0 Å². The highest BCUT2D eigenvalue weighted by Crippen LogP contribution is 2.30. The Morgan fingerprint density at radius 3 is 2.53 bits per heavy atom. The highest BCUT2D eigenvalue weighted by atomic mass is 35.5. The average molecular weight is 279 g/mol. The van der Waals surface area contributed by atoms with Crippen LogP contribution in [0, 0.1) is 0 Å². The van der Waals surface area contributed by atoms with E-state index >= 15 is 0 Å². The minimum absolute atomic E-state index is 0.103. The molecule has 0 aliphatic carbocycles. The van der Waals surface area contributed by atoms with Gasteiger partial charge in [-0.3, -0.25) is 4.79 Å². The monoisotopic (exact) mass is 278 g/mol. The molecule has 2 fully saturated rings. The Morgan fingerprint density at radius 1 is 1.05 bits per heavy atom. The van der Waals surface area contributed by atoms with Crippen LogP contribution in [0.3, 0.4) is 0 Å². The van der Waals surface area contributed by atoms with Crippen molar-refractivity contribution >= 4 is 29.2 Å². The zero-order valence-electron chi connectivity index (χ0n) is 10.5. The quantitative estimate of drug-likeness (QED) is 0.741. The van der Waals surface area contributed by atoms with Crippen LogP contribution in [0.1, 0.15) is 25.7 Å². The maximum atomic E-state index is 12.4. The van der Waals surface area contributed by atoms with Crippen LogP contribution >= 0.6 is 11.6 Å². The maximum absolute atomic E-state index is 12.4. The maximum Gasteiger partial charge on any atom is 0.332 e. The van der Waals surface area contributed by atoms with Gasteiger partial charge in [0, 0.05) is 11.6 Å². The Bertz CT molecular complexity index is 491. The van der Waals surface area contributed by atoms with E-state index in [0.717, 1.165) is 25.7 Å². The van der Waals surface area contributed by atoms with Gasteiger partial charge < -0.3 is 4.90 Å². The number of hydrogen-bond acceptors (Lipinski definition) is 2. The number of fused-ring (bicyclic) bond motifs is 1. The van der Waals surface area contributed by atoms with E-state index in [1.807, 2.05) is 0 Å². The molecular formula is C14H15ClN2O2. The van der Waals surface area contributed by atoms with Gasteiger partial charge in [-0.2, -0.15) is 0 Å². The summed E-state index contributed by atoms with van der Waals surface area (Å²) in [4.78, 5) is 27.8. The number of anilines is 1. The van der Waals surface area contributed by atoms with E-state index in [9.17, 15) is 9.59 Å². The third-order valence-electron chi connectivity index (χ3n) is 3.78.